The number of methoxy groups -OCH3 is 2. The molecule has 0 aliphatic heterocycles. The van der Waals surface area contributed by atoms with E-state index in [1.54, 1.807) is 12.2 Å². The molecule has 0 heterocycles. The molecular weight excluding hydrogens is 400 g/mol. The van der Waals surface area contributed by atoms with Gasteiger partial charge >= 0.3 is 11.9 Å². The maximum absolute atomic E-state index is 13.1. The van der Waals surface area contributed by atoms with Crippen molar-refractivity contribution in [2.75, 3.05) is 14.2 Å². The van der Waals surface area contributed by atoms with Gasteiger partial charge in [-0.05, 0) is 33.9 Å². The van der Waals surface area contributed by atoms with Crippen molar-refractivity contribution >= 4 is 23.1 Å². The van der Waals surface area contributed by atoms with Crippen molar-refractivity contribution in [3.8, 4) is 0 Å². The van der Waals surface area contributed by atoms with E-state index in [1.165, 1.54) is 14.2 Å². The zero-order chi connectivity index (χ0) is 22.5. The van der Waals surface area contributed by atoms with Crippen LogP contribution in [0.15, 0.2) is 119 Å². The smallest absolute Gasteiger partial charge is 0.339 e. The maximum atomic E-state index is 13.1. The lowest BCUT2D eigenvalue weighted by molar-refractivity contribution is -0.138. The molecule has 0 radical (unpaired) electrons. The van der Waals surface area contributed by atoms with Gasteiger partial charge in [-0.25, -0.2) is 9.59 Å². The van der Waals surface area contributed by atoms with Gasteiger partial charge in [-0.3, -0.25) is 0 Å². The molecule has 0 N–H and O–H groups in total. The summed E-state index contributed by atoms with van der Waals surface area (Å²) in [4.78, 5) is 25.8. The summed E-state index contributed by atoms with van der Waals surface area (Å²) in [6.45, 7) is 0. The number of benzene rings is 2. The Kier molecular flexibility index (Phi) is 6.13. The Bertz CT molecular complexity index is 1240. The van der Waals surface area contributed by atoms with Gasteiger partial charge in [0.05, 0.1) is 25.4 Å². The molecule has 4 heteroatoms. The molecule has 0 amide bonds. The van der Waals surface area contributed by atoms with Crippen LogP contribution in [0.5, 0.6) is 0 Å². The third-order valence-electron chi connectivity index (χ3n) is 5.36. The number of ether oxygens (including phenoxy) is 2. The van der Waals surface area contributed by atoms with Crippen LogP contribution in [0, 0.1) is 0 Å². The molecule has 0 unspecified atom stereocenters. The van der Waals surface area contributed by atoms with E-state index in [9.17, 15) is 9.59 Å². The Morgan fingerprint density at radius 3 is 1.84 bits per heavy atom. The molecular formula is C28H22O4. The second-order valence-electron chi connectivity index (χ2n) is 7.17. The highest BCUT2D eigenvalue weighted by molar-refractivity contribution is 6.12. The van der Waals surface area contributed by atoms with Gasteiger partial charge < -0.3 is 9.47 Å². The normalized spacial score (nSPS) is 15.3. The molecule has 0 saturated carbocycles. The summed E-state index contributed by atoms with van der Waals surface area (Å²) >= 11 is 0. The van der Waals surface area contributed by atoms with Crippen molar-refractivity contribution in [2.24, 2.45) is 0 Å². The first-order chi connectivity index (χ1) is 15.7. The quantitative estimate of drug-likeness (QED) is 0.633. The van der Waals surface area contributed by atoms with Crippen molar-refractivity contribution in [1.82, 2.24) is 0 Å². The summed E-state index contributed by atoms with van der Waals surface area (Å²) in [7, 11) is 2.61. The molecule has 0 fully saturated rings. The molecule has 158 valence electrons. The number of hydrogen-bond acceptors (Lipinski definition) is 4. The number of carbonyl (C=O) groups excluding carboxylic acids is 2. The van der Waals surface area contributed by atoms with Crippen LogP contribution in [0.25, 0.3) is 11.1 Å². The highest BCUT2D eigenvalue weighted by Crippen LogP contribution is 2.42. The lowest BCUT2D eigenvalue weighted by atomic mass is 9.83. The van der Waals surface area contributed by atoms with Crippen LogP contribution in [0.4, 0.5) is 0 Å². The molecule has 32 heavy (non-hydrogen) atoms. The molecule has 2 aliphatic carbocycles. The molecule has 0 aromatic heterocycles. The standard InChI is InChI=1S/C28H22O4/c1-31-27(29)24-18-10-17-23-21(19-11-5-3-6-12-19)15-9-16-22(20-13-7-4-8-14-20)25(23)26(24)28(30)32-2/h3-18H,1-2H3. The monoisotopic (exact) mass is 422 g/mol. The van der Waals surface area contributed by atoms with E-state index in [0.29, 0.717) is 5.57 Å². The van der Waals surface area contributed by atoms with E-state index >= 15 is 0 Å². The molecule has 0 atom stereocenters. The van der Waals surface area contributed by atoms with Gasteiger partial charge in [-0.15, -0.1) is 0 Å². The first-order valence-corrected chi connectivity index (χ1v) is 10.2. The Labute approximate surface area is 187 Å². The Hall–Kier alpha value is -4.18. The van der Waals surface area contributed by atoms with Crippen LogP contribution in [0.3, 0.4) is 0 Å². The van der Waals surface area contributed by atoms with Crippen molar-refractivity contribution in [3.63, 3.8) is 0 Å². The fourth-order valence-electron chi connectivity index (χ4n) is 3.92. The van der Waals surface area contributed by atoms with Crippen molar-refractivity contribution in [3.05, 3.63) is 131 Å². The van der Waals surface area contributed by atoms with Crippen LogP contribution in [-0.4, -0.2) is 26.2 Å². The molecule has 0 saturated heterocycles. The van der Waals surface area contributed by atoms with Crippen LogP contribution in [0.2, 0.25) is 0 Å². The predicted molar refractivity (Wildman–Crippen MR) is 125 cm³/mol. The van der Waals surface area contributed by atoms with Gasteiger partial charge in [-0.1, -0.05) is 91.0 Å². The van der Waals surface area contributed by atoms with Crippen molar-refractivity contribution in [2.45, 2.75) is 0 Å². The highest BCUT2D eigenvalue weighted by Gasteiger charge is 2.31. The maximum Gasteiger partial charge on any atom is 0.339 e. The third-order valence-corrected chi connectivity index (χ3v) is 5.36. The fraction of sp³-hybridized carbons (Fsp3) is 0.0714. The zero-order valence-corrected chi connectivity index (χ0v) is 17.9. The van der Waals surface area contributed by atoms with Gasteiger partial charge in [0.15, 0.2) is 0 Å². The second kappa shape index (κ2) is 9.31. The Balaban J connectivity index is 2.09. The van der Waals surface area contributed by atoms with Crippen LogP contribution < -0.4 is 0 Å². The van der Waals surface area contributed by atoms with Gasteiger partial charge in [0.25, 0.3) is 0 Å². The minimum absolute atomic E-state index is 0.150. The average Bonchev–Trinajstić information content (AvgIpc) is 3.15. The van der Waals surface area contributed by atoms with E-state index in [0.717, 1.165) is 27.8 Å². The molecule has 0 bridgehead atoms. The number of fused-ring (bicyclic) bond motifs is 1. The average molecular weight is 422 g/mol. The number of carbonyl (C=O) groups is 2. The summed E-state index contributed by atoms with van der Waals surface area (Å²) in [5, 5.41) is 0. The Morgan fingerprint density at radius 2 is 1.22 bits per heavy atom. The minimum Gasteiger partial charge on any atom is -0.465 e. The summed E-state index contributed by atoms with van der Waals surface area (Å²) < 4.78 is 10.1. The van der Waals surface area contributed by atoms with Crippen molar-refractivity contribution in [1.29, 1.82) is 0 Å². The summed E-state index contributed by atoms with van der Waals surface area (Å²) in [5.41, 5.74) is 5.41. The van der Waals surface area contributed by atoms with Gasteiger partial charge in [0.2, 0.25) is 0 Å². The summed E-state index contributed by atoms with van der Waals surface area (Å²) in [6.07, 6.45) is 11.2. The molecule has 2 aromatic rings. The highest BCUT2D eigenvalue weighted by atomic mass is 16.5. The lowest BCUT2D eigenvalue weighted by Crippen LogP contribution is -2.17. The largest absolute Gasteiger partial charge is 0.465 e. The first kappa shape index (κ1) is 21.1. The lowest BCUT2D eigenvalue weighted by Gasteiger charge is -2.20. The van der Waals surface area contributed by atoms with Gasteiger partial charge in [0, 0.05) is 5.57 Å². The minimum atomic E-state index is -0.603. The number of rotatable bonds is 4. The third kappa shape index (κ3) is 3.91. The first-order valence-electron chi connectivity index (χ1n) is 10.2. The summed E-state index contributed by atoms with van der Waals surface area (Å²) in [5.74, 6) is -1.20. The van der Waals surface area contributed by atoms with E-state index in [2.05, 4.69) is 0 Å². The Morgan fingerprint density at radius 1 is 0.656 bits per heavy atom. The van der Waals surface area contributed by atoms with Crippen LogP contribution in [0.1, 0.15) is 11.1 Å². The second-order valence-corrected chi connectivity index (χ2v) is 7.17. The van der Waals surface area contributed by atoms with Crippen LogP contribution in [-0.2, 0) is 19.1 Å². The van der Waals surface area contributed by atoms with E-state index in [4.69, 9.17) is 9.47 Å². The van der Waals surface area contributed by atoms with E-state index < -0.39 is 11.9 Å². The van der Waals surface area contributed by atoms with Crippen LogP contribution >= 0.6 is 0 Å². The predicted octanol–water partition coefficient (Wildman–Crippen LogP) is 5.23. The zero-order valence-electron chi connectivity index (χ0n) is 17.9. The van der Waals surface area contributed by atoms with E-state index in [-0.39, 0.29) is 11.1 Å². The SMILES string of the molecule is COC(=O)C1=C(C(=O)OC)C2=C(c3ccccc3)C=CC=C(c3ccccc3)C2=CC=C1. The molecule has 0 spiro atoms. The number of allylic oxidation sites excluding steroid dienone is 8. The van der Waals surface area contributed by atoms with Gasteiger partial charge in [-0.2, -0.15) is 0 Å². The summed E-state index contributed by atoms with van der Waals surface area (Å²) in [6, 6.07) is 19.7. The van der Waals surface area contributed by atoms with Crippen molar-refractivity contribution < 1.29 is 19.1 Å². The molecule has 2 aromatic carbocycles. The topological polar surface area (TPSA) is 52.6 Å². The fourth-order valence-corrected chi connectivity index (χ4v) is 3.92. The number of esters is 2. The van der Waals surface area contributed by atoms with E-state index in [1.807, 2.05) is 85.0 Å². The molecule has 4 rings (SSSR count). The van der Waals surface area contributed by atoms with Gasteiger partial charge in [0.1, 0.15) is 0 Å². The number of hydrogen-bond donors (Lipinski definition) is 0. The molecule has 4 nitrogen and oxygen atoms in total. The molecule has 2 aliphatic rings.